The molecule has 0 radical (unpaired) electrons. The summed E-state index contributed by atoms with van der Waals surface area (Å²) in [5.74, 6) is -0.592. The Labute approximate surface area is 112 Å². The SMILES string of the molecule is CCOc1ccc(-n2c(=O)cc(Cl)[nH]c2=O)cc1F. The lowest BCUT2D eigenvalue weighted by molar-refractivity contribution is 0.321. The molecule has 0 spiro atoms. The van der Waals surface area contributed by atoms with Gasteiger partial charge in [0, 0.05) is 12.1 Å². The number of rotatable bonds is 3. The number of nitrogens with one attached hydrogen (secondary N) is 1. The van der Waals surface area contributed by atoms with E-state index in [0.29, 0.717) is 6.61 Å². The molecule has 0 aliphatic carbocycles. The van der Waals surface area contributed by atoms with E-state index >= 15 is 0 Å². The fraction of sp³-hybridized carbons (Fsp3) is 0.167. The van der Waals surface area contributed by atoms with E-state index < -0.39 is 17.1 Å². The van der Waals surface area contributed by atoms with E-state index in [4.69, 9.17) is 16.3 Å². The summed E-state index contributed by atoms with van der Waals surface area (Å²) < 4.78 is 19.5. The summed E-state index contributed by atoms with van der Waals surface area (Å²) in [4.78, 5) is 25.6. The molecule has 0 aliphatic rings. The van der Waals surface area contributed by atoms with Crippen LogP contribution in [0.3, 0.4) is 0 Å². The molecule has 100 valence electrons. The van der Waals surface area contributed by atoms with Gasteiger partial charge in [-0.1, -0.05) is 11.6 Å². The highest BCUT2D eigenvalue weighted by atomic mass is 35.5. The number of ether oxygens (including phenoxy) is 1. The van der Waals surface area contributed by atoms with Crippen LogP contribution in [0.5, 0.6) is 5.75 Å². The highest BCUT2D eigenvalue weighted by Crippen LogP contribution is 2.19. The van der Waals surface area contributed by atoms with Crippen LogP contribution in [0.1, 0.15) is 6.92 Å². The Balaban J connectivity index is 2.58. The second-order valence-electron chi connectivity index (χ2n) is 3.64. The maximum absolute atomic E-state index is 13.7. The van der Waals surface area contributed by atoms with Gasteiger partial charge in [-0.05, 0) is 19.1 Å². The normalized spacial score (nSPS) is 10.5. The van der Waals surface area contributed by atoms with Crippen LogP contribution in [0.4, 0.5) is 4.39 Å². The third-order valence-corrected chi connectivity index (χ3v) is 2.58. The fourth-order valence-electron chi connectivity index (χ4n) is 1.61. The number of hydrogen-bond donors (Lipinski definition) is 1. The zero-order valence-corrected chi connectivity index (χ0v) is 10.7. The molecule has 0 atom stereocenters. The third kappa shape index (κ3) is 2.68. The Morgan fingerprint density at radius 1 is 1.37 bits per heavy atom. The molecule has 0 saturated heterocycles. The van der Waals surface area contributed by atoms with Gasteiger partial charge >= 0.3 is 5.69 Å². The van der Waals surface area contributed by atoms with Crippen molar-refractivity contribution < 1.29 is 9.13 Å². The zero-order chi connectivity index (χ0) is 14.0. The molecule has 2 rings (SSSR count). The van der Waals surface area contributed by atoms with Gasteiger partial charge < -0.3 is 4.74 Å². The van der Waals surface area contributed by atoms with Crippen molar-refractivity contribution in [1.82, 2.24) is 9.55 Å². The van der Waals surface area contributed by atoms with E-state index in [1.807, 2.05) is 0 Å². The lowest BCUT2D eigenvalue weighted by Gasteiger charge is -2.08. The van der Waals surface area contributed by atoms with Crippen molar-refractivity contribution in [1.29, 1.82) is 0 Å². The topological polar surface area (TPSA) is 64.1 Å². The molecule has 1 heterocycles. The molecule has 5 nitrogen and oxygen atoms in total. The minimum absolute atomic E-state index is 0.0599. The van der Waals surface area contributed by atoms with Crippen molar-refractivity contribution in [2.75, 3.05) is 6.61 Å². The molecule has 19 heavy (non-hydrogen) atoms. The van der Waals surface area contributed by atoms with Crippen molar-refractivity contribution in [3.05, 3.63) is 56.1 Å². The number of H-pyrrole nitrogens is 1. The van der Waals surface area contributed by atoms with Crippen molar-refractivity contribution in [2.24, 2.45) is 0 Å². The first kappa shape index (κ1) is 13.4. The Kier molecular flexibility index (Phi) is 3.71. The van der Waals surface area contributed by atoms with Crippen molar-refractivity contribution in [2.45, 2.75) is 6.92 Å². The van der Waals surface area contributed by atoms with E-state index in [-0.39, 0.29) is 16.6 Å². The molecule has 0 fully saturated rings. The molecule has 0 aliphatic heterocycles. The van der Waals surface area contributed by atoms with Crippen molar-refractivity contribution in [3.63, 3.8) is 0 Å². The standard InChI is InChI=1S/C12H10ClFN2O3/c1-2-19-9-4-3-7(5-8(9)14)16-11(17)6-10(13)15-12(16)18/h3-6H,2H2,1H3,(H,15,18). The molecule has 1 aromatic carbocycles. The molecule has 1 aromatic heterocycles. The average molecular weight is 285 g/mol. The van der Waals surface area contributed by atoms with E-state index in [9.17, 15) is 14.0 Å². The Morgan fingerprint density at radius 3 is 2.68 bits per heavy atom. The van der Waals surface area contributed by atoms with Crippen LogP contribution in [0.25, 0.3) is 5.69 Å². The van der Waals surface area contributed by atoms with E-state index in [1.54, 1.807) is 6.92 Å². The summed E-state index contributed by atoms with van der Waals surface area (Å²) >= 11 is 5.54. The highest BCUT2D eigenvalue weighted by molar-refractivity contribution is 6.29. The minimum atomic E-state index is -0.735. The molecule has 1 N–H and O–H groups in total. The van der Waals surface area contributed by atoms with Crippen LogP contribution in [-0.4, -0.2) is 16.2 Å². The Morgan fingerprint density at radius 2 is 2.11 bits per heavy atom. The molecule has 2 aromatic rings. The first-order valence-electron chi connectivity index (χ1n) is 5.47. The second-order valence-corrected chi connectivity index (χ2v) is 4.05. The molecule has 0 bridgehead atoms. The van der Waals surface area contributed by atoms with E-state index in [0.717, 1.165) is 16.7 Å². The summed E-state index contributed by atoms with van der Waals surface area (Å²) in [6.07, 6.45) is 0. The number of hydrogen-bond acceptors (Lipinski definition) is 3. The first-order valence-corrected chi connectivity index (χ1v) is 5.85. The summed E-state index contributed by atoms with van der Waals surface area (Å²) in [5, 5.41) is -0.0716. The van der Waals surface area contributed by atoms with Crippen LogP contribution in [-0.2, 0) is 0 Å². The van der Waals surface area contributed by atoms with Crippen LogP contribution in [0.2, 0.25) is 5.15 Å². The summed E-state index contributed by atoms with van der Waals surface area (Å²) in [6, 6.07) is 4.86. The molecular formula is C12H10ClFN2O3. The summed E-state index contributed by atoms with van der Waals surface area (Å²) in [6.45, 7) is 2.04. The third-order valence-electron chi connectivity index (χ3n) is 2.37. The number of nitrogens with zero attached hydrogens (tertiary/aromatic N) is 1. The van der Waals surface area contributed by atoms with Gasteiger partial charge in [0.05, 0.1) is 12.3 Å². The maximum Gasteiger partial charge on any atom is 0.334 e. The molecule has 0 saturated carbocycles. The molecule has 0 unspecified atom stereocenters. The van der Waals surface area contributed by atoms with Gasteiger partial charge in [-0.3, -0.25) is 9.78 Å². The van der Waals surface area contributed by atoms with Crippen LogP contribution in [0, 0.1) is 5.82 Å². The fourth-order valence-corrected chi connectivity index (χ4v) is 1.79. The predicted molar refractivity (Wildman–Crippen MR) is 68.8 cm³/mol. The smallest absolute Gasteiger partial charge is 0.334 e. The van der Waals surface area contributed by atoms with Crippen LogP contribution in [0.15, 0.2) is 33.9 Å². The predicted octanol–water partition coefficient (Wildman–Crippen LogP) is 1.72. The molecular weight excluding hydrogens is 275 g/mol. The van der Waals surface area contributed by atoms with Crippen LogP contribution >= 0.6 is 11.6 Å². The molecule has 0 amide bonds. The second kappa shape index (κ2) is 5.27. The molecule has 7 heteroatoms. The summed E-state index contributed by atoms with van der Waals surface area (Å²) in [5.41, 5.74) is -1.28. The highest BCUT2D eigenvalue weighted by Gasteiger charge is 2.09. The lowest BCUT2D eigenvalue weighted by atomic mass is 10.3. The van der Waals surface area contributed by atoms with Gasteiger partial charge in [-0.25, -0.2) is 13.8 Å². The minimum Gasteiger partial charge on any atom is -0.491 e. The lowest BCUT2D eigenvalue weighted by Crippen LogP contribution is -2.33. The van der Waals surface area contributed by atoms with Gasteiger partial charge in [-0.15, -0.1) is 0 Å². The van der Waals surface area contributed by atoms with Gasteiger partial charge in [0.15, 0.2) is 11.6 Å². The number of benzene rings is 1. The summed E-state index contributed by atoms with van der Waals surface area (Å²) in [7, 11) is 0. The van der Waals surface area contributed by atoms with Crippen molar-refractivity contribution >= 4 is 11.6 Å². The Bertz CT molecular complexity index is 692. The van der Waals surface area contributed by atoms with Crippen LogP contribution < -0.4 is 16.0 Å². The van der Waals surface area contributed by atoms with E-state index in [2.05, 4.69) is 4.98 Å². The first-order chi connectivity index (χ1) is 9.02. The average Bonchev–Trinajstić information content (AvgIpc) is 2.31. The largest absolute Gasteiger partial charge is 0.491 e. The number of aromatic nitrogens is 2. The van der Waals surface area contributed by atoms with Crippen molar-refractivity contribution in [3.8, 4) is 11.4 Å². The maximum atomic E-state index is 13.7. The van der Waals surface area contributed by atoms with Gasteiger partial charge in [-0.2, -0.15) is 0 Å². The Hall–Kier alpha value is -2.08. The van der Waals surface area contributed by atoms with Gasteiger partial charge in [0.1, 0.15) is 5.15 Å². The van der Waals surface area contributed by atoms with Gasteiger partial charge in [0.25, 0.3) is 5.56 Å². The quantitative estimate of drug-likeness (QED) is 0.873. The monoisotopic (exact) mass is 284 g/mol. The van der Waals surface area contributed by atoms with E-state index in [1.165, 1.54) is 12.1 Å². The number of halogens is 2. The number of aromatic amines is 1. The zero-order valence-electron chi connectivity index (χ0n) is 9.94. The van der Waals surface area contributed by atoms with Gasteiger partial charge in [0.2, 0.25) is 0 Å².